The predicted octanol–water partition coefficient (Wildman–Crippen LogP) is 3.74. The van der Waals surface area contributed by atoms with E-state index in [1.165, 1.54) is 64.8 Å². The molecule has 1 aromatic heterocycles. The van der Waals surface area contributed by atoms with Gasteiger partial charge in [0.05, 0.1) is 29.7 Å². The van der Waals surface area contributed by atoms with Crippen LogP contribution < -0.4 is 9.46 Å². The molecular weight excluding hydrogens is 598 g/mol. The van der Waals surface area contributed by atoms with Crippen LogP contribution in [0.15, 0.2) is 69.1 Å². The molecule has 0 bridgehead atoms. The molecular formula is C26H30ClN3O7S3. The third-order valence-electron chi connectivity index (χ3n) is 6.64. The lowest BCUT2D eigenvalue weighted by atomic mass is 9.99. The number of anilines is 1. The maximum Gasteiger partial charge on any atom is 0.261 e. The Morgan fingerprint density at radius 3 is 2.50 bits per heavy atom. The van der Waals surface area contributed by atoms with Gasteiger partial charge in [-0.1, -0.05) is 24.6 Å². The molecule has 40 heavy (non-hydrogen) atoms. The molecule has 0 radical (unpaired) electrons. The third kappa shape index (κ3) is 6.45. The second-order valence-corrected chi connectivity index (χ2v) is 14.9. The first kappa shape index (κ1) is 30.3. The van der Waals surface area contributed by atoms with Crippen molar-refractivity contribution in [2.75, 3.05) is 31.5 Å². The van der Waals surface area contributed by atoms with E-state index in [2.05, 4.69) is 4.72 Å². The smallest absolute Gasteiger partial charge is 0.261 e. The fourth-order valence-electron chi connectivity index (χ4n) is 4.25. The lowest BCUT2D eigenvalue weighted by Gasteiger charge is -2.38. The Morgan fingerprint density at radius 2 is 1.88 bits per heavy atom. The number of sulfonamides is 2. The third-order valence-corrected chi connectivity index (χ3v) is 11.5. The summed E-state index contributed by atoms with van der Waals surface area (Å²) < 4.78 is 62.2. The second kappa shape index (κ2) is 12.0. The SMILES string of the molecule is C[C@@H]1CN([C@H](C)CO)C(=O)c2cc(NS(=O)(=O)c3ccc(Cl)cc3)ccc2O[C@@H]1CN(C)S(=O)(=O)c1cccs1. The van der Waals surface area contributed by atoms with Crippen LogP contribution in [0, 0.1) is 5.92 Å². The van der Waals surface area contributed by atoms with Crippen LogP contribution in [0.25, 0.3) is 0 Å². The molecule has 4 rings (SSSR count). The van der Waals surface area contributed by atoms with Crippen LogP contribution in [-0.2, 0) is 20.0 Å². The van der Waals surface area contributed by atoms with Crippen LogP contribution in [0.1, 0.15) is 24.2 Å². The van der Waals surface area contributed by atoms with Crippen LogP contribution in [0.2, 0.25) is 5.02 Å². The molecule has 2 N–H and O–H groups in total. The van der Waals surface area contributed by atoms with Gasteiger partial charge in [-0.25, -0.2) is 16.8 Å². The summed E-state index contributed by atoms with van der Waals surface area (Å²) in [5.74, 6) is -0.586. The number of ether oxygens (including phenoxy) is 1. The maximum absolute atomic E-state index is 13.6. The van der Waals surface area contributed by atoms with Gasteiger partial charge in [0, 0.05) is 30.2 Å². The predicted molar refractivity (Wildman–Crippen MR) is 154 cm³/mol. The zero-order valence-corrected chi connectivity index (χ0v) is 25.2. The molecule has 1 amide bonds. The van der Waals surface area contributed by atoms with E-state index in [-0.39, 0.29) is 51.7 Å². The zero-order valence-electron chi connectivity index (χ0n) is 22.0. The Morgan fingerprint density at radius 1 is 1.18 bits per heavy atom. The number of rotatable bonds is 9. The minimum absolute atomic E-state index is 0.00131. The van der Waals surface area contributed by atoms with Gasteiger partial charge in [0.1, 0.15) is 16.1 Å². The number of hydrogen-bond donors (Lipinski definition) is 2. The molecule has 0 saturated heterocycles. The minimum atomic E-state index is -3.99. The summed E-state index contributed by atoms with van der Waals surface area (Å²) in [4.78, 5) is 15.1. The van der Waals surface area contributed by atoms with Gasteiger partial charge in [0.15, 0.2) is 0 Å². The number of likely N-dealkylation sites (N-methyl/N-ethyl adjacent to an activating group) is 1. The fraction of sp³-hybridized carbons (Fsp3) is 0.346. The number of amides is 1. The summed E-state index contributed by atoms with van der Waals surface area (Å²) in [6.45, 7) is 3.43. The number of halogens is 1. The number of hydrogen-bond acceptors (Lipinski definition) is 8. The summed E-state index contributed by atoms with van der Waals surface area (Å²) in [6, 6.07) is 12.6. The normalized spacial score (nSPS) is 18.9. The molecule has 1 aliphatic heterocycles. The van der Waals surface area contributed by atoms with E-state index in [0.29, 0.717) is 5.02 Å². The van der Waals surface area contributed by atoms with Gasteiger partial charge >= 0.3 is 0 Å². The van der Waals surface area contributed by atoms with Crippen molar-refractivity contribution >= 4 is 54.6 Å². The maximum atomic E-state index is 13.6. The van der Waals surface area contributed by atoms with Crippen LogP contribution >= 0.6 is 22.9 Å². The van der Waals surface area contributed by atoms with Gasteiger partial charge in [-0.3, -0.25) is 9.52 Å². The van der Waals surface area contributed by atoms with Crippen molar-refractivity contribution in [2.24, 2.45) is 5.92 Å². The number of nitrogens with zero attached hydrogens (tertiary/aromatic N) is 2. The van der Waals surface area contributed by atoms with E-state index in [9.17, 15) is 26.7 Å². The minimum Gasteiger partial charge on any atom is -0.488 e. The molecule has 0 unspecified atom stereocenters. The van der Waals surface area contributed by atoms with E-state index in [1.807, 2.05) is 6.92 Å². The van der Waals surface area contributed by atoms with Crippen LogP contribution in [0.4, 0.5) is 5.69 Å². The number of thiophene rings is 1. The zero-order chi connectivity index (χ0) is 29.2. The number of carbonyl (C=O) groups is 1. The standard InChI is InChI=1S/C26H30ClN3O7S3/c1-17-14-30(18(2)16-31)26(32)22-13-20(28-39(33,34)21-9-6-19(27)7-10-21)8-11-23(22)37-24(17)15-29(3)40(35,36)25-5-4-12-38-25/h4-13,17-18,24,28,31H,14-16H2,1-3H3/t17-,18-,24-/m1/s1. The van der Waals surface area contributed by atoms with Crippen molar-refractivity contribution in [3.8, 4) is 5.75 Å². The Balaban J connectivity index is 1.68. The van der Waals surface area contributed by atoms with Crippen LogP contribution in [0.5, 0.6) is 5.75 Å². The highest BCUT2D eigenvalue weighted by Gasteiger charge is 2.35. The number of aliphatic hydroxyl groups is 1. The van der Waals surface area contributed by atoms with Gasteiger partial charge in [0.2, 0.25) is 0 Å². The van der Waals surface area contributed by atoms with Gasteiger partial charge in [-0.15, -0.1) is 11.3 Å². The van der Waals surface area contributed by atoms with Crippen molar-refractivity contribution in [1.29, 1.82) is 0 Å². The highest BCUT2D eigenvalue weighted by atomic mass is 35.5. The van der Waals surface area contributed by atoms with E-state index >= 15 is 0 Å². The summed E-state index contributed by atoms with van der Waals surface area (Å²) in [7, 11) is -6.27. The molecule has 14 heteroatoms. The quantitative estimate of drug-likeness (QED) is 0.369. The number of nitrogens with one attached hydrogen (secondary N) is 1. The lowest BCUT2D eigenvalue weighted by Crippen LogP contribution is -2.50. The number of aliphatic hydroxyl groups excluding tert-OH is 1. The molecule has 0 aliphatic carbocycles. The molecule has 216 valence electrons. The van der Waals surface area contributed by atoms with Crippen molar-refractivity contribution in [2.45, 2.75) is 35.1 Å². The first-order valence-corrected chi connectivity index (χ1v) is 16.5. The highest BCUT2D eigenvalue weighted by Crippen LogP contribution is 2.32. The molecule has 3 aromatic rings. The summed E-state index contributed by atoms with van der Waals surface area (Å²) >= 11 is 6.99. The number of benzene rings is 2. The molecule has 10 nitrogen and oxygen atoms in total. The molecule has 2 heterocycles. The molecule has 0 saturated carbocycles. The summed E-state index contributed by atoms with van der Waals surface area (Å²) in [5.41, 5.74) is 0.210. The average Bonchev–Trinajstić information content (AvgIpc) is 3.47. The number of fused-ring (bicyclic) bond motifs is 1. The van der Waals surface area contributed by atoms with E-state index in [0.717, 1.165) is 11.3 Å². The van der Waals surface area contributed by atoms with Gasteiger partial charge in [0.25, 0.3) is 26.0 Å². The molecule has 2 aromatic carbocycles. The lowest BCUT2D eigenvalue weighted by molar-refractivity contribution is 0.0387. The first-order chi connectivity index (χ1) is 18.8. The monoisotopic (exact) mass is 627 g/mol. The van der Waals surface area contributed by atoms with Crippen molar-refractivity contribution in [1.82, 2.24) is 9.21 Å². The molecule has 0 fully saturated rings. The van der Waals surface area contributed by atoms with Crippen molar-refractivity contribution < 1.29 is 31.5 Å². The summed E-state index contributed by atoms with van der Waals surface area (Å²) in [5, 5.41) is 11.9. The van der Waals surface area contributed by atoms with Crippen LogP contribution in [0.3, 0.4) is 0 Å². The average molecular weight is 628 g/mol. The Kier molecular flexibility index (Phi) is 9.12. The topological polar surface area (TPSA) is 133 Å². The Hall–Kier alpha value is -2.68. The van der Waals surface area contributed by atoms with E-state index < -0.39 is 38.1 Å². The summed E-state index contributed by atoms with van der Waals surface area (Å²) in [6.07, 6.45) is -0.656. The first-order valence-electron chi connectivity index (χ1n) is 12.3. The second-order valence-electron chi connectivity index (χ2n) is 9.61. The highest BCUT2D eigenvalue weighted by molar-refractivity contribution is 7.92. The number of carbonyl (C=O) groups excluding carboxylic acids is 1. The molecule has 0 spiro atoms. The molecule has 3 atom stereocenters. The van der Waals surface area contributed by atoms with E-state index in [4.69, 9.17) is 16.3 Å². The van der Waals surface area contributed by atoms with Gasteiger partial charge in [-0.05, 0) is 60.8 Å². The van der Waals surface area contributed by atoms with Gasteiger partial charge < -0.3 is 14.7 Å². The van der Waals surface area contributed by atoms with Gasteiger partial charge in [-0.2, -0.15) is 4.31 Å². The van der Waals surface area contributed by atoms with Crippen molar-refractivity contribution in [3.63, 3.8) is 0 Å². The molecule has 1 aliphatic rings. The fourth-order valence-corrected chi connectivity index (χ4v) is 7.81. The van der Waals surface area contributed by atoms with Crippen molar-refractivity contribution in [3.05, 3.63) is 70.6 Å². The Labute approximate surface area is 243 Å². The Bertz CT molecular complexity index is 1560. The van der Waals surface area contributed by atoms with E-state index in [1.54, 1.807) is 18.4 Å². The largest absolute Gasteiger partial charge is 0.488 e. The van der Waals surface area contributed by atoms with Crippen LogP contribution in [-0.4, -0.2) is 75.9 Å².